The van der Waals surface area contributed by atoms with Gasteiger partial charge < -0.3 is 5.73 Å². The highest BCUT2D eigenvalue weighted by atomic mass is 19.1. The molecule has 2 N–H and O–H groups in total. The van der Waals surface area contributed by atoms with E-state index in [1.807, 2.05) is 13.0 Å². The molecule has 0 bridgehead atoms. The molecule has 0 spiro atoms. The molecule has 0 aliphatic carbocycles. The van der Waals surface area contributed by atoms with Crippen LogP contribution in [0.4, 0.5) is 4.39 Å². The molecule has 0 amide bonds. The molecule has 0 aromatic heterocycles. The van der Waals surface area contributed by atoms with Crippen molar-refractivity contribution in [3.8, 4) is 0 Å². The van der Waals surface area contributed by atoms with Gasteiger partial charge in [-0.2, -0.15) is 0 Å². The van der Waals surface area contributed by atoms with Crippen LogP contribution >= 0.6 is 0 Å². The van der Waals surface area contributed by atoms with E-state index < -0.39 is 0 Å². The van der Waals surface area contributed by atoms with Crippen LogP contribution in [-0.4, -0.2) is 24.0 Å². The third kappa shape index (κ3) is 2.90. The molecule has 1 aromatic rings. The minimum absolute atomic E-state index is 0.155. The van der Waals surface area contributed by atoms with Crippen molar-refractivity contribution in [2.45, 2.75) is 39.8 Å². The molecule has 1 aliphatic rings. The zero-order valence-electron chi connectivity index (χ0n) is 11.5. The Hall–Kier alpha value is -0.930. The lowest BCUT2D eigenvalue weighted by molar-refractivity contribution is 0.0897. The van der Waals surface area contributed by atoms with Gasteiger partial charge in [0.05, 0.1) is 0 Å². The van der Waals surface area contributed by atoms with Gasteiger partial charge in [0.1, 0.15) is 5.82 Å². The molecular weight excluding hydrogens is 227 g/mol. The number of halogens is 1. The van der Waals surface area contributed by atoms with Crippen molar-refractivity contribution < 1.29 is 4.39 Å². The summed E-state index contributed by atoms with van der Waals surface area (Å²) in [6, 6.07) is 5.33. The number of likely N-dealkylation sites (tertiary alicyclic amines) is 1. The normalized spacial score (nSPS) is 24.2. The van der Waals surface area contributed by atoms with E-state index >= 15 is 0 Å². The fraction of sp³-hybridized carbons (Fsp3) is 0.600. The Bertz CT molecular complexity index is 429. The molecule has 1 atom stereocenters. The first-order valence-electron chi connectivity index (χ1n) is 6.61. The Kier molecular flexibility index (Phi) is 3.74. The lowest BCUT2D eigenvalue weighted by atomic mass is 9.79. The second kappa shape index (κ2) is 4.98. The number of benzene rings is 1. The highest BCUT2D eigenvalue weighted by Gasteiger charge is 2.33. The predicted molar refractivity (Wildman–Crippen MR) is 72.8 cm³/mol. The molecule has 1 fully saturated rings. The Morgan fingerprint density at radius 1 is 1.44 bits per heavy atom. The van der Waals surface area contributed by atoms with Gasteiger partial charge in [-0.05, 0) is 42.0 Å². The van der Waals surface area contributed by atoms with Gasteiger partial charge in [0, 0.05) is 25.7 Å². The molecule has 1 unspecified atom stereocenters. The Balaban J connectivity index is 2.06. The molecule has 1 saturated heterocycles. The summed E-state index contributed by atoms with van der Waals surface area (Å²) in [7, 11) is 0. The van der Waals surface area contributed by atoms with Crippen LogP contribution in [-0.2, 0) is 6.54 Å². The molecule has 0 radical (unpaired) electrons. The smallest absolute Gasteiger partial charge is 0.123 e. The van der Waals surface area contributed by atoms with Crippen molar-refractivity contribution in [2.24, 2.45) is 11.1 Å². The number of aryl methyl sites for hydroxylation is 1. The zero-order chi connectivity index (χ0) is 13.3. The minimum atomic E-state index is -0.155. The van der Waals surface area contributed by atoms with Crippen LogP contribution in [0.2, 0.25) is 0 Å². The van der Waals surface area contributed by atoms with Crippen LogP contribution in [0.3, 0.4) is 0 Å². The summed E-state index contributed by atoms with van der Waals surface area (Å²) in [5.74, 6) is -0.155. The summed E-state index contributed by atoms with van der Waals surface area (Å²) in [5, 5.41) is 0. The maximum absolute atomic E-state index is 13.1. The summed E-state index contributed by atoms with van der Waals surface area (Å²) < 4.78 is 13.1. The van der Waals surface area contributed by atoms with Gasteiger partial charge in [0.2, 0.25) is 0 Å². The maximum atomic E-state index is 13.1. The third-order valence-electron chi connectivity index (χ3n) is 4.09. The van der Waals surface area contributed by atoms with Crippen molar-refractivity contribution in [1.29, 1.82) is 0 Å². The second-order valence-corrected chi connectivity index (χ2v) is 6.17. The van der Waals surface area contributed by atoms with E-state index in [0.717, 1.165) is 31.6 Å². The van der Waals surface area contributed by atoms with Crippen LogP contribution < -0.4 is 5.73 Å². The van der Waals surface area contributed by atoms with Crippen LogP contribution in [0.15, 0.2) is 18.2 Å². The number of nitrogens with two attached hydrogens (primary N) is 1. The van der Waals surface area contributed by atoms with Crippen molar-refractivity contribution in [2.75, 3.05) is 13.1 Å². The van der Waals surface area contributed by atoms with Gasteiger partial charge in [-0.15, -0.1) is 0 Å². The van der Waals surface area contributed by atoms with E-state index in [1.165, 1.54) is 5.56 Å². The van der Waals surface area contributed by atoms with Crippen LogP contribution in [0, 0.1) is 18.2 Å². The zero-order valence-corrected chi connectivity index (χ0v) is 11.5. The number of rotatable bonds is 2. The van der Waals surface area contributed by atoms with Crippen LogP contribution in [0.5, 0.6) is 0 Å². The highest BCUT2D eigenvalue weighted by Crippen LogP contribution is 2.28. The van der Waals surface area contributed by atoms with E-state index in [1.54, 1.807) is 12.1 Å². The molecule has 1 aromatic carbocycles. The van der Waals surface area contributed by atoms with Gasteiger partial charge in [-0.25, -0.2) is 4.39 Å². The average Bonchev–Trinajstić information content (AvgIpc) is 2.27. The third-order valence-corrected chi connectivity index (χ3v) is 4.09. The molecule has 100 valence electrons. The largest absolute Gasteiger partial charge is 0.327 e. The summed E-state index contributed by atoms with van der Waals surface area (Å²) >= 11 is 0. The first-order chi connectivity index (χ1) is 8.38. The van der Waals surface area contributed by atoms with E-state index in [9.17, 15) is 4.39 Å². The monoisotopic (exact) mass is 250 g/mol. The van der Waals surface area contributed by atoms with E-state index in [2.05, 4.69) is 18.7 Å². The summed E-state index contributed by atoms with van der Waals surface area (Å²) in [6.45, 7) is 9.34. The number of hydrogen-bond acceptors (Lipinski definition) is 2. The quantitative estimate of drug-likeness (QED) is 0.874. The molecule has 1 heterocycles. The highest BCUT2D eigenvalue weighted by molar-refractivity contribution is 5.26. The SMILES string of the molecule is Cc1cc(F)ccc1CN1CCC(N)C(C)(C)C1. The number of piperidine rings is 1. The Labute approximate surface area is 109 Å². The first kappa shape index (κ1) is 13.5. The van der Waals surface area contributed by atoms with Crippen molar-refractivity contribution >= 4 is 0 Å². The van der Waals surface area contributed by atoms with Gasteiger partial charge in [0.25, 0.3) is 0 Å². The first-order valence-corrected chi connectivity index (χ1v) is 6.61. The lowest BCUT2D eigenvalue weighted by Gasteiger charge is -2.42. The lowest BCUT2D eigenvalue weighted by Crippen LogP contribution is -2.52. The van der Waals surface area contributed by atoms with E-state index in [0.29, 0.717) is 0 Å². The van der Waals surface area contributed by atoms with Crippen LogP contribution in [0.1, 0.15) is 31.4 Å². The van der Waals surface area contributed by atoms with E-state index in [-0.39, 0.29) is 17.3 Å². The average molecular weight is 250 g/mol. The van der Waals surface area contributed by atoms with Crippen molar-refractivity contribution in [3.05, 3.63) is 35.1 Å². The van der Waals surface area contributed by atoms with Gasteiger partial charge in [0.15, 0.2) is 0 Å². The maximum Gasteiger partial charge on any atom is 0.123 e. The van der Waals surface area contributed by atoms with Crippen molar-refractivity contribution in [1.82, 2.24) is 4.90 Å². The summed E-state index contributed by atoms with van der Waals surface area (Å²) in [6.07, 6.45) is 1.03. The fourth-order valence-electron chi connectivity index (χ4n) is 2.70. The number of nitrogens with zero attached hydrogens (tertiary/aromatic N) is 1. The van der Waals surface area contributed by atoms with Gasteiger partial charge in [-0.3, -0.25) is 4.90 Å². The summed E-state index contributed by atoms with van der Waals surface area (Å²) in [4.78, 5) is 2.42. The molecule has 3 heteroatoms. The molecule has 18 heavy (non-hydrogen) atoms. The fourth-order valence-corrected chi connectivity index (χ4v) is 2.70. The summed E-state index contributed by atoms with van der Waals surface area (Å²) in [5.41, 5.74) is 8.54. The number of hydrogen-bond donors (Lipinski definition) is 1. The standard InChI is InChI=1S/C15H23FN2/c1-11-8-13(16)5-4-12(11)9-18-7-6-14(17)15(2,3)10-18/h4-5,8,14H,6-7,9-10,17H2,1-3H3. The molecule has 1 aliphatic heterocycles. The second-order valence-electron chi connectivity index (χ2n) is 6.17. The molecular formula is C15H23FN2. The predicted octanol–water partition coefficient (Wildman–Crippen LogP) is 2.69. The molecule has 2 rings (SSSR count). The molecule has 2 nitrogen and oxygen atoms in total. The van der Waals surface area contributed by atoms with Crippen LogP contribution in [0.25, 0.3) is 0 Å². The molecule has 0 saturated carbocycles. The topological polar surface area (TPSA) is 29.3 Å². The van der Waals surface area contributed by atoms with Gasteiger partial charge >= 0.3 is 0 Å². The van der Waals surface area contributed by atoms with Crippen molar-refractivity contribution in [3.63, 3.8) is 0 Å². The minimum Gasteiger partial charge on any atom is -0.327 e. The Morgan fingerprint density at radius 3 is 2.78 bits per heavy atom. The van der Waals surface area contributed by atoms with Gasteiger partial charge in [-0.1, -0.05) is 19.9 Å². The van der Waals surface area contributed by atoms with E-state index in [4.69, 9.17) is 5.73 Å². The Morgan fingerprint density at radius 2 is 2.17 bits per heavy atom.